The summed E-state index contributed by atoms with van der Waals surface area (Å²) < 4.78 is 10.4. The standard InChI is InChI=1S/C17H21N3O3/c1-11(2)23-15-8-6-5-7-13(15)12(3)18-16-10-9-14(19-20-16)17(21)22-4/h5-12H,1-4H3,(H,18,20). The number of nitrogens with zero attached hydrogens (tertiary/aromatic N) is 2. The van der Waals surface area contributed by atoms with Gasteiger partial charge in [0.15, 0.2) is 5.69 Å². The number of rotatable bonds is 6. The van der Waals surface area contributed by atoms with Crippen molar-refractivity contribution in [2.24, 2.45) is 0 Å². The summed E-state index contributed by atoms with van der Waals surface area (Å²) in [5.41, 5.74) is 1.20. The maximum absolute atomic E-state index is 11.4. The number of hydrogen-bond donors (Lipinski definition) is 1. The molecule has 1 aromatic heterocycles. The molecule has 0 saturated heterocycles. The van der Waals surface area contributed by atoms with Gasteiger partial charge in [-0.1, -0.05) is 18.2 Å². The van der Waals surface area contributed by atoms with Crippen LogP contribution in [0.1, 0.15) is 42.9 Å². The zero-order valence-electron chi connectivity index (χ0n) is 13.7. The fourth-order valence-electron chi connectivity index (χ4n) is 2.12. The molecule has 2 rings (SSSR count). The zero-order chi connectivity index (χ0) is 16.8. The summed E-state index contributed by atoms with van der Waals surface area (Å²) in [4.78, 5) is 11.4. The van der Waals surface area contributed by atoms with Crippen LogP contribution < -0.4 is 10.1 Å². The van der Waals surface area contributed by atoms with Gasteiger partial charge in [0.25, 0.3) is 0 Å². The van der Waals surface area contributed by atoms with Crippen LogP contribution in [-0.4, -0.2) is 29.4 Å². The van der Waals surface area contributed by atoms with Gasteiger partial charge in [0.2, 0.25) is 0 Å². The Morgan fingerprint density at radius 2 is 1.83 bits per heavy atom. The SMILES string of the molecule is COC(=O)c1ccc(NC(C)c2ccccc2OC(C)C)nn1. The first kappa shape index (κ1) is 16.7. The first-order valence-corrected chi connectivity index (χ1v) is 7.45. The third kappa shape index (κ3) is 4.42. The molecule has 1 unspecified atom stereocenters. The molecular weight excluding hydrogens is 294 g/mol. The lowest BCUT2D eigenvalue weighted by atomic mass is 10.1. The van der Waals surface area contributed by atoms with E-state index in [1.165, 1.54) is 7.11 Å². The number of benzene rings is 1. The minimum Gasteiger partial charge on any atom is -0.491 e. The van der Waals surface area contributed by atoms with Crippen molar-refractivity contribution in [1.29, 1.82) is 0 Å². The smallest absolute Gasteiger partial charge is 0.358 e. The average Bonchev–Trinajstić information content (AvgIpc) is 2.54. The van der Waals surface area contributed by atoms with Crippen LogP contribution >= 0.6 is 0 Å². The van der Waals surface area contributed by atoms with Crippen LogP contribution in [0.25, 0.3) is 0 Å². The Balaban J connectivity index is 2.13. The van der Waals surface area contributed by atoms with E-state index in [1.807, 2.05) is 45.0 Å². The van der Waals surface area contributed by atoms with E-state index in [2.05, 4.69) is 20.3 Å². The monoisotopic (exact) mass is 315 g/mol. The molecule has 0 amide bonds. The molecule has 1 atom stereocenters. The molecule has 6 nitrogen and oxygen atoms in total. The van der Waals surface area contributed by atoms with Crippen LogP contribution in [0.15, 0.2) is 36.4 Å². The van der Waals surface area contributed by atoms with E-state index in [9.17, 15) is 4.79 Å². The highest BCUT2D eigenvalue weighted by Crippen LogP contribution is 2.27. The summed E-state index contributed by atoms with van der Waals surface area (Å²) in [7, 11) is 1.31. The third-order valence-electron chi connectivity index (χ3n) is 3.17. The number of nitrogens with one attached hydrogen (secondary N) is 1. The first-order valence-electron chi connectivity index (χ1n) is 7.45. The van der Waals surface area contributed by atoms with Crippen molar-refractivity contribution in [2.75, 3.05) is 12.4 Å². The Morgan fingerprint density at radius 1 is 1.09 bits per heavy atom. The second-order valence-electron chi connectivity index (χ2n) is 5.37. The molecule has 2 aromatic rings. The minimum atomic E-state index is -0.507. The topological polar surface area (TPSA) is 73.3 Å². The predicted octanol–water partition coefficient (Wildman–Crippen LogP) is 3.22. The average molecular weight is 315 g/mol. The number of esters is 1. The molecule has 1 heterocycles. The van der Waals surface area contributed by atoms with Crippen LogP contribution in [0.5, 0.6) is 5.75 Å². The highest BCUT2D eigenvalue weighted by Gasteiger charge is 2.14. The van der Waals surface area contributed by atoms with Crippen molar-refractivity contribution in [2.45, 2.75) is 32.9 Å². The molecule has 1 N–H and O–H groups in total. The fraction of sp³-hybridized carbons (Fsp3) is 0.353. The highest BCUT2D eigenvalue weighted by molar-refractivity contribution is 5.86. The van der Waals surface area contributed by atoms with Gasteiger partial charge in [-0.25, -0.2) is 4.79 Å². The van der Waals surface area contributed by atoms with Crippen molar-refractivity contribution < 1.29 is 14.3 Å². The Labute approximate surface area is 135 Å². The summed E-state index contributed by atoms with van der Waals surface area (Å²) in [5.74, 6) is 0.902. The lowest BCUT2D eigenvalue weighted by molar-refractivity contribution is 0.0593. The number of methoxy groups -OCH3 is 1. The van der Waals surface area contributed by atoms with Gasteiger partial charge in [-0.15, -0.1) is 10.2 Å². The largest absolute Gasteiger partial charge is 0.491 e. The molecule has 122 valence electrons. The third-order valence-corrected chi connectivity index (χ3v) is 3.17. The van der Waals surface area contributed by atoms with Crippen LogP contribution in [0.2, 0.25) is 0 Å². The number of aromatic nitrogens is 2. The van der Waals surface area contributed by atoms with Crippen LogP contribution in [0.4, 0.5) is 5.82 Å². The van der Waals surface area contributed by atoms with E-state index >= 15 is 0 Å². The fourth-order valence-corrected chi connectivity index (χ4v) is 2.12. The number of para-hydroxylation sites is 1. The van der Waals surface area contributed by atoms with E-state index in [1.54, 1.807) is 12.1 Å². The molecular formula is C17H21N3O3. The second kappa shape index (κ2) is 7.58. The highest BCUT2D eigenvalue weighted by atomic mass is 16.5. The van der Waals surface area contributed by atoms with Crippen molar-refractivity contribution in [3.05, 3.63) is 47.7 Å². The van der Waals surface area contributed by atoms with Gasteiger partial charge < -0.3 is 14.8 Å². The van der Waals surface area contributed by atoms with E-state index in [4.69, 9.17) is 4.74 Å². The Bertz CT molecular complexity index is 656. The summed E-state index contributed by atoms with van der Waals surface area (Å²) in [6.07, 6.45) is 0.0995. The summed E-state index contributed by atoms with van der Waals surface area (Å²) in [6.45, 7) is 6.00. The van der Waals surface area contributed by atoms with Gasteiger partial charge in [-0.05, 0) is 39.0 Å². The normalized spacial score (nSPS) is 11.9. The molecule has 0 saturated carbocycles. The van der Waals surface area contributed by atoms with E-state index in [0.29, 0.717) is 5.82 Å². The number of anilines is 1. The lowest BCUT2D eigenvalue weighted by Gasteiger charge is -2.20. The predicted molar refractivity (Wildman–Crippen MR) is 87.6 cm³/mol. The lowest BCUT2D eigenvalue weighted by Crippen LogP contribution is -2.13. The van der Waals surface area contributed by atoms with Crippen molar-refractivity contribution in [1.82, 2.24) is 10.2 Å². The molecule has 6 heteroatoms. The molecule has 0 aliphatic carbocycles. The molecule has 0 aliphatic rings. The molecule has 0 radical (unpaired) electrons. The number of carbonyl (C=O) groups excluding carboxylic acids is 1. The zero-order valence-corrected chi connectivity index (χ0v) is 13.7. The van der Waals surface area contributed by atoms with Gasteiger partial charge in [-0.2, -0.15) is 0 Å². The Kier molecular flexibility index (Phi) is 5.51. The maximum Gasteiger partial charge on any atom is 0.358 e. The number of carbonyl (C=O) groups is 1. The molecule has 0 aliphatic heterocycles. The van der Waals surface area contributed by atoms with Gasteiger partial charge in [-0.3, -0.25) is 0 Å². The maximum atomic E-state index is 11.4. The summed E-state index contributed by atoms with van der Waals surface area (Å²) in [6, 6.07) is 11.1. The van der Waals surface area contributed by atoms with E-state index in [0.717, 1.165) is 11.3 Å². The number of hydrogen-bond acceptors (Lipinski definition) is 6. The van der Waals surface area contributed by atoms with E-state index < -0.39 is 5.97 Å². The minimum absolute atomic E-state index is 0.0248. The summed E-state index contributed by atoms with van der Waals surface area (Å²) in [5, 5.41) is 11.1. The quantitative estimate of drug-likeness (QED) is 0.825. The van der Waals surface area contributed by atoms with Gasteiger partial charge in [0, 0.05) is 5.56 Å². The summed E-state index contributed by atoms with van der Waals surface area (Å²) >= 11 is 0. The van der Waals surface area contributed by atoms with Crippen molar-refractivity contribution in [3.8, 4) is 5.75 Å². The Morgan fingerprint density at radius 3 is 2.43 bits per heavy atom. The van der Waals surface area contributed by atoms with Crippen LogP contribution in [-0.2, 0) is 4.74 Å². The first-order chi connectivity index (χ1) is 11.0. The van der Waals surface area contributed by atoms with Gasteiger partial charge >= 0.3 is 5.97 Å². The van der Waals surface area contributed by atoms with Crippen LogP contribution in [0, 0.1) is 0 Å². The molecule has 0 spiro atoms. The van der Waals surface area contributed by atoms with Crippen molar-refractivity contribution >= 4 is 11.8 Å². The van der Waals surface area contributed by atoms with Gasteiger partial charge in [0.05, 0.1) is 19.3 Å². The molecule has 0 fully saturated rings. The molecule has 0 bridgehead atoms. The molecule has 23 heavy (non-hydrogen) atoms. The number of ether oxygens (including phenoxy) is 2. The Hall–Kier alpha value is -2.63. The second-order valence-corrected chi connectivity index (χ2v) is 5.37. The van der Waals surface area contributed by atoms with Crippen molar-refractivity contribution in [3.63, 3.8) is 0 Å². The molecule has 1 aromatic carbocycles. The van der Waals surface area contributed by atoms with Crippen LogP contribution in [0.3, 0.4) is 0 Å². The van der Waals surface area contributed by atoms with Gasteiger partial charge in [0.1, 0.15) is 11.6 Å². The van der Waals surface area contributed by atoms with E-state index in [-0.39, 0.29) is 17.8 Å².